The summed E-state index contributed by atoms with van der Waals surface area (Å²) in [5, 5.41) is 0. The molecule has 0 saturated carbocycles. The van der Waals surface area contributed by atoms with Gasteiger partial charge < -0.3 is 0 Å². The summed E-state index contributed by atoms with van der Waals surface area (Å²) in [5.74, 6) is 0. The van der Waals surface area contributed by atoms with Crippen LogP contribution in [-0.2, 0) is 21.7 Å². The van der Waals surface area contributed by atoms with Crippen LogP contribution < -0.4 is 0 Å². The van der Waals surface area contributed by atoms with Gasteiger partial charge in [-0.05, 0) is 11.0 Å². The van der Waals surface area contributed by atoms with Gasteiger partial charge in [0.05, 0.1) is 8.41 Å². The van der Waals surface area contributed by atoms with Gasteiger partial charge in [-0.15, -0.1) is 0 Å². The Labute approximate surface area is 77.6 Å². The van der Waals surface area contributed by atoms with Gasteiger partial charge in [0.2, 0.25) is 0 Å². The molecular formula is H9BCaSiTi. The Kier molecular flexibility index (Phi) is 159. The van der Waals surface area contributed by atoms with Gasteiger partial charge in [0.25, 0.3) is 0 Å². The minimum absolute atomic E-state index is 0. The second-order valence-electron chi connectivity index (χ2n) is 0. The zero-order chi connectivity index (χ0) is 0. The summed E-state index contributed by atoms with van der Waals surface area (Å²) in [4.78, 5) is 0. The minimum Gasteiger partial charge on any atom is -0.0149 e. The van der Waals surface area contributed by atoms with Gasteiger partial charge in [-0.3, -0.25) is 0 Å². The van der Waals surface area contributed by atoms with Crippen LogP contribution in [0, 0.1) is 0 Å². The molecule has 0 aliphatic carbocycles. The molecule has 0 unspecified atom stereocenters. The molecule has 4 heteroatoms. The predicted molar refractivity (Wildman–Crippen MR) is 29.8 cm³/mol. The predicted octanol–water partition coefficient (Wildman–Crippen LogP) is -3.55. The zero-order valence-corrected chi connectivity index (χ0v) is 2.06. The van der Waals surface area contributed by atoms with E-state index in [-0.39, 0.29) is 78.8 Å². The van der Waals surface area contributed by atoms with Crippen LogP contribution in [0.3, 0.4) is 0 Å². The smallest absolute Gasteiger partial charge is 0 e. The molecule has 0 amide bonds. The number of rotatable bonds is 0. The Morgan fingerprint density at radius 1 is 1.00 bits per heavy atom. The topological polar surface area (TPSA) is 0 Å². The normalized spacial score (nSPS) is 0. The zero-order valence-electron chi connectivity index (χ0n) is 0.500. The molecular weight excluding hydrogens is 127 g/mol. The fourth-order valence-electron chi connectivity index (χ4n) is 0. The van der Waals surface area contributed by atoms with E-state index in [1.54, 1.807) is 0 Å². The van der Waals surface area contributed by atoms with Gasteiger partial charge >= 0.3 is 37.7 Å². The van der Waals surface area contributed by atoms with E-state index in [0.29, 0.717) is 0 Å². The first-order valence-electron chi connectivity index (χ1n) is 0. The number of hydrogen-bond donors (Lipinski definition) is 0. The molecule has 0 atom stereocenters. The quantitative estimate of drug-likeness (QED) is 0.302. The van der Waals surface area contributed by atoms with E-state index in [4.69, 9.17) is 0 Å². The fraction of sp³-hybridized carbons (Fsp3) is 0. The second kappa shape index (κ2) is 18.7. The van der Waals surface area contributed by atoms with Crippen molar-refractivity contribution in [2.24, 2.45) is 0 Å². The fourth-order valence-corrected chi connectivity index (χ4v) is 0. The van der Waals surface area contributed by atoms with Gasteiger partial charge in [-0.1, -0.05) is 0 Å². The Bertz CT molecular complexity index is 8.00. The monoisotopic (exact) mass is 136 g/mol. The average Bonchev–Trinajstić information content (AvgIpc) is 0. The second-order valence-corrected chi connectivity index (χ2v) is 0. The van der Waals surface area contributed by atoms with E-state index in [1.165, 1.54) is 0 Å². The van der Waals surface area contributed by atoms with Crippen molar-refractivity contribution in [1.29, 1.82) is 0 Å². The third-order valence-electron chi connectivity index (χ3n) is 0. The van der Waals surface area contributed by atoms with E-state index < -0.39 is 0 Å². The maximum Gasteiger partial charge on any atom is 0 e. The molecule has 0 bridgehead atoms. The first-order chi connectivity index (χ1) is 0. The van der Waals surface area contributed by atoms with Crippen molar-refractivity contribution in [3.05, 3.63) is 0 Å². The van der Waals surface area contributed by atoms with Crippen molar-refractivity contribution in [2.75, 3.05) is 0 Å². The molecule has 0 radical (unpaired) electrons. The molecule has 4 heavy (non-hydrogen) atoms. The molecule has 0 saturated heterocycles. The molecule has 0 aromatic heterocycles. The van der Waals surface area contributed by atoms with Gasteiger partial charge in [0, 0.05) is 21.7 Å². The van der Waals surface area contributed by atoms with E-state index >= 15 is 0 Å². The van der Waals surface area contributed by atoms with Crippen LogP contribution in [0.15, 0.2) is 0 Å². The molecule has 0 nitrogen and oxygen atoms in total. The van der Waals surface area contributed by atoms with Gasteiger partial charge in [0.1, 0.15) is 0 Å². The minimum atomic E-state index is 0. The van der Waals surface area contributed by atoms with Crippen molar-refractivity contribution in [3.8, 4) is 0 Å². The van der Waals surface area contributed by atoms with E-state index in [0.717, 1.165) is 0 Å². The van der Waals surface area contributed by atoms with Crippen LogP contribution in [0.1, 0.15) is 0 Å². The summed E-state index contributed by atoms with van der Waals surface area (Å²) in [6.07, 6.45) is 0. The molecule has 0 fully saturated rings. The Balaban J connectivity index is 0. The van der Waals surface area contributed by atoms with Gasteiger partial charge in [-0.25, -0.2) is 0 Å². The summed E-state index contributed by atoms with van der Waals surface area (Å²) in [5.41, 5.74) is 0. The molecule has 0 aliphatic rings. The summed E-state index contributed by atoms with van der Waals surface area (Å²) < 4.78 is 0. The van der Waals surface area contributed by atoms with Crippen molar-refractivity contribution in [2.45, 2.75) is 0 Å². The number of hydrogen-bond acceptors (Lipinski definition) is 0. The Morgan fingerprint density at radius 3 is 1.00 bits per heavy atom. The maximum atomic E-state index is 0. The third kappa shape index (κ3) is 8.87. The van der Waals surface area contributed by atoms with Gasteiger partial charge in [0.15, 0.2) is 0 Å². The first-order valence-corrected chi connectivity index (χ1v) is 0. The van der Waals surface area contributed by atoms with Crippen LogP contribution in [-0.4, -0.2) is 57.1 Å². The molecule has 0 N–H and O–H groups in total. The largest absolute Gasteiger partial charge is 0.0149 e. The van der Waals surface area contributed by atoms with E-state index in [1.807, 2.05) is 0 Å². The van der Waals surface area contributed by atoms with Crippen molar-refractivity contribution >= 4 is 57.1 Å². The van der Waals surface area contributed by atoms with Crippen LogP contribution in [0.25, 0.3) is 0 Å². The molecule has 0 rings (SSSR count). The first kappa shape index (κ1) is 34.0. The standard InChI is InChI=1S/BH3.Ca.H4Si.Ti.2H/h1H3;;1H4;;;. The van der Waals surface area contributed by atoms with Crippen LogP contribution in [0.5, 0.6) is 0 Å². The van der Waals surface area contributed by atoms with Crippen molar-refractivity contribution in [1.82, 2.24) is 0 Å². The van der Waals surface area contributed by atoms with E-state index in [2.05, 4.69) is 0 Å². The average molecular weight is 136 g/mol. The molecule has 0 aromatic carbocycles. The summed E-state index contributed by atoms with van der Waals surface area (Å²) >= 11 is 0. The molecule has 0 aliphatic heterocycles. The van der Waals surface area contributed by atoms with Crippen LogP contribution in [0.4, 0.5) is 0 Å². The SMILES string of the molecule is B.[CaH2].[SiH4].[Ti]. The maximum absolute atomic E-state index is 0. The van der Waals surface area contributed by atoms with Crippen molar-refractivity contribution in [3.63, 3.8) is 0 Å². The molecule has 0 heterocycles. The van der Waals surface area contributed by atoms with E-state index in [9.17, 15) is 0 Å². The van der Waals surface area contributed by atoms with Gasteiger partial charge in [-0.2, -0.15) is 0 Å². The van der Waals surface area contributed by atoms with Crippen LogP contribution in [0.2, 0.25) is 0 Å². The summed E-state index contributed by atoms with van der Waals surface area (Å²) in [6, 6.07) is 0. The third-order valence-corrected chi connectivity index (χ3v) is 0. The Morgan fingerprint density at radius 2 is 1.00 bits per heavy atom. The van der Waals surface area contributed by atoms with Crippen LogP contribution >= 0.6 is 0 Å². The molecule has 22 valence electrons. The Hall–Kier alpha value is 2.26. The summed E-state index contributed by atoms with van der Waals surface area (Å²) in [7, 11) is 0. The molecule has 0 aromatic rings. The summed E-state index contributed by atoms with van der Waals surface area (Å²) in [6.45, 7) is 0. The molecule has 0 spiro atoms. The van der Waals surface area contributed by atoms with Crippen molar-refractivity contribution < 1.29 is 21.7 Å².